The molecule has 1 N–H and O–H groups in total. The normalized spacial score (nSPS) is 21.0. The van der Waals surface area contributed by atoms with Gasteiger partial charge < -0.3 is 14.8 Å². The van der Waals surface area contributed by atoms with E-state index >= 15 is 0 Å². The fraction of sp³-hybridized carbons (Fsp3) is 0.640. The molecule has 1 saturated heterocycles. The summed E-state index contributed by atoms with van der Waals surface area (Å²) in [6, 6.07) is 7.86. The van der Waals surface area contributed by atoms with Crippen molar-refractivity contribution in [3.05, 3.63) is 30.5 Å². The van der Waals surface area contributed by atoms with Gasteiger partial charge in [-0.15, -0.1) is 0 Å². The predicted octanol–water partition coefficient (Wildman–Crippen LogP) is 3.35. The Morgan fingerprint density at radius 1 is 1.12 bits per heavy atom. The molecule has 2 fully saturated rings. The molecule has 1 aliphatic heterocycles. The van der Waals surface area contributed by atoms with Crippen molar-refractivity contribution in [3.8, 4) is 0 Å². The van der Waals surface area contributed by atoms with E-state index in [1.54, 1.807) is 12.1 Å². The molecule has 182 valence electrons. The summed E-state index contributed by atoms with van der Waals surface area (Å²) >= 11 is 0. The van der Waals surface area contributed by atoms with Gasteiger partial charge in [-0.25, -0.2) is 8.42 Å². The van der Waals surface area contributed by atoms with E-state index in [1.807, 2.05) is 29.9 Å². The van der Waals surface area contributed by atoms with E-state index in [-0.39, 0.29) is 18.4 Å². The molecule has 0 spiro atoms. The van der Waals surface area contributed by atoms with Crippen LogP contribution in [0.25, 0.3) is 10.9 Å². The van der Waals surface area contributed by atoms with Crippen molar-refractivity contribution in [1.29, 1.82) is 0 Å². The summed E-state index contributed by atoms with van der Waals surface area (Å²) in [5, 5.41) is 3.97. The lowest BCUT2D eigenvalue weighted by Crippen LogP contribution is -2.45. The predicted molar refractivity (Wildman–Crippen MR) is 132 cm³/mol. The van der Waals surface area contributed by atoms with Crippen LogP contribution < -0.4 is 5.32 Å². The number of nitrogens with zero attached hydrogens (tertiary/aromatic N) is 3. The van der Waals surface area contributed by atoms with Crippen LogP contribution in [-0.4, -0.2) is 67.4 Å². The van der Waals surface area contributed by atoms with E-state index in [1.165, 1.54) is 36.4 Å². The monoisotopic (exact) mass is 474 g/mol. The lowest BCUT2D eigenvalue weighted by atomic mass is 9.94. The topological polar surface area (TPSA) is 74.7 Å². The zero-order valence-electron chi connectivity index (χ0n) is 20.0. The van der Waals surface area contributed by atoms with Crippen LogP contribution in [0.5, 0.6) is 0 Å². The molecule has 7 nitrogen and oxygen atoms in total. The highest BCUT2D eigenvalue weighted by Crippen LogP contribution is 2.27. The molecule has 33 heavy (non-hydrogen) atoms. The Labute approximate surface area is 198 Å². The summed E-state index contributed by atoms with van der Waals surface area (Å²) in [5.41, 5.74) is 0.999. The van der Waals surface area contributed by atoms with E-state index in [2.05, 4.69) is 17.3 Å². The molecule has 1 amide bonds. The quantitative estimate of drug-likeness (QED) is 0.596. The van der Waals surface area contributed by atoms with E-state index in [4.69, 9.17) is 0 Å². The highest BCUT2D eigenvalue weighted by atomic mass is 32.2. The summed E-state index contributed by atoms with van der Waals surface area (Å²) in [6.45, 7) is 2.34. The maximum absolute atomic E-state index is 13.3. The molecule has 0 bridgehead atoms. The number of aromatic nitrogens is 1. The highest BCUT2D eigenvalue weighted by Gasteiger charge is 2.33. The van der Waals surface area contributed by atoms with Crippen molar-refractivity contribution < 1.29 is 13.2 Å². The number of hydrogen-bond donors (Lipinski definition) is 1. The van der Waals surface area contributed by atoms with Gasteiger partial charge in [0.1, 0.15) is 0 Å². The molecular weight excluding hydrogens is 436 g/mol. The van der Waals surface area contributed by atoms with Gasteiger partial charge in [0, 0.05) is 49.8 Å². The van der Waals surface area contributed by atoms with Crippen molar-refractivity contribution in [1.82, 2.24) is 19.1 Å². The fourth-order valence-corrected chi connectivity index (χ4v) is 6.89. The van der Waals surface area contributed by atoms with Crippen LogP contribution >= 0.6 is 0 Å². The number of benzene rings is 1. The zero-order valence-corrected chi connectivity index (χ0v) is 20.8. The van der Waals surface area contributed by atoms with Gasteiger partial charge in [0.05, 0.1) is 10.8 Å². The van der Waals surface area contributed by atoms with Crippen molar-refractivity contribution in [2.45, 2.75) is 62.3 Å². The lowest BCUT2D eigenvalue weighted by Gasteiger charge is -2.32. The third kappa shape index (κ3) is 5.61. The summed E-state index contributed by atoms with van der Waals surface area (Å²) in [7, 11) is 0.510. The smallest absolute Gasteiger partial charge is 0.243 e. The number of carbonyl (C=O) groups is 1. The van der Waals surface area contributed by atoms with Gasteiger partial charge in [0.15, 0.2) is 0 Å². The first-order valence-corrected chi connectivity index (χ1v) is 13.8. The summed E-state index contributed by atoms with van der Waals surface area (Å²) in [6.07, 6.45) is 10.9. The number of amides is 1. The maximum Gasteiger partial charge on any atom is 0.243 e. The van der Waals surface area contributed by atoms with E-state index in [0.717, 1.165) is 30.3 Å². The maximum atomic E-state index is 13.3. The zero-order chi connectivity index (χ0) is 23.4. The first-order chi connectivity index (χ1) is 15.9. The number of sulfonamides is 1. The average molecular weight is 475 g/mol. The first-order valence-electron chi connectivity index (χ1n) is 12.4. The van der Waals surface area contributed by atoms with E-state index in [9.17, 15) is 13.2 Å². The fourth-order valence-electron chi connectivity index (χ4n) is 5.33. The lowest BCUT2D eigenvalue weighted by molar-refractivity contribution is -0.126. The number of aryl methyl sites for hydroxylation is 1. The molecule has 2 aromatic rings. The summed E-state index contributed by atoms with van der Waals surface area (Å²) in [4.78, 5) is 15.5. The molecule has 2 aliphatic rings. The Morgan fingerprint density at radius 3 is 2.70 bits per heavy atom. The van der Waals surface area contributed by atoms with E-state index < -0.39 is 10.0 Å². The molecular formula is C25H38N4O3S. The third-order valence-electron chi connectivity index (χ3n) is 7.43. The second-order valence-corrected chi connectivity index (χ2v) is 11.7. The molecule has 2 heterocycles. The molecule has 0 unspecified atom stereocenters. The van der Waals surface area contributed by atoms with Crippen LogP contribution in [0.4, 0.5) is 0 Å². The van der Waals surface area contributed by atoms with Gasteiger partial charge in [-0.1, -0.05) is 19.3 Å². The second-order valence-electron chi connectivity index (χ2n) is 9.77. The van der Waals surface area contributed by atoms with Crippen molar-refractivity contribution in [2.75, 3.05) is 33.2 Å². The number of nitrogens with one attached hydrogen (secondary N) is 1. The Balaban J connectivity index is 1.29. The van der Waals surface area contributed by atoms with Gasteiger partial charge in [-0.05, 0) is 70.0 Å². The molecule has 4 rings (SSSR count). The Kier molecular flexibility index (Phi) is 7.76. The van der Waals surface area contributed by atoms with Crippen LogP contribution in [0.3, 0.4) is 0 Å². The Hall–Kier alpha value is -1.90. The largest absolute Gasteiger partial charge is 0.356 e. The molecule has 1 aromatic carbocycles. The van der Waals surface area contributed by atoms with Crippen molar-refractivity contribution in [3.63, 3.8) is 0 Å². The van der Waals surface area contributed by atoms with Crippen molar-refractivity contribution in [2.24, 2.45) is 13.0 Å². The number of carbonyl (C=O) groups excluding carboxylic acids is 1. The molecule has 1 atom stereocenters. The molecule has 0 radical (unpaired) electrons. The highest BCUT2D eigenvalue weighted by molar-refractivity contribution is 7.89. The standard InChI is InChI=1S/C25H38N4O3S/c1-27(22-9-4-3-5-10-22)15-7-14-26-25(30)21-8-6-16-29(19-21)33(31,32)23-11-12-24-20(18-23)13-17-28(24)2/h11-13,17-18,21-22H,3-10,14-16,19H2,1-2H3,(H,26,30)/t21-/m1/s1. The van der Waals surface area contributed by atoms with Gasteiger partial charge in [-0.2, -0.15) is 4.31 Å². The molecule has 1 aliphatic carbocycles. The minimum absolute atomic E-state index is 0.0197. The minimum atomic E-state index is -3.62. The van der Waals surface area contributed by atoms with Crippen LogP contribution in [0.1, 0.15) is 51.4 Å². The van der Waals surface area contributed by atoms with Crippen LogP contribution in [0.2, 0.25) is 0 Å². The Bertz CT molecular complexity index is 1060. The second kappa shape index (κ2) is 10.6. The summed E-state index contributed by atoms with van der Waals surface area (Å²) < 4.78 is 30.0. The molecule has 1 aromatic heterocycles. The van der Waals surface area contributed by atoms with Gasteiger partial charge in [-0.3, -0.25) is 4.79 Å². The van der Waals surface area contributed by atoms with Crippen LogP contribution in [0, 0.1) is 5.92 Å². The van der Waals surface area contributed by atoms with E-state index in [0.29, 0.717) is 30.4 Å². The average Bonchev–Trinajstić information content (AvgIpc) is 3.22. The number of fused-ring (bicyclic) bond motifs is 1. The molecule has 1 saturated carbocycles. The number of piperidine rings is 1. The summed E-state index contributed by atoms with van der Waals surface area (Å²) in [5.74, 6) is -0.307. The SMILES string of the molecule is CN(CCCNC(=O)[C@@H]1CCCN(S(=O)(=O)c2ccc3c(ccn3C)c2)C1)C1CCCCC1. The minimum Gasteiger partial charge on any atom is -0.356 e. The number of hydrogen-bond acceptors (Lipinski definition) is 4. The van der Waals surface area contributed by atoms with Gasteiger partial charge in [0.25, 0.3) is 0 Å². The molecule has 8 heteroatoms. The van der Waals surface area contributed by atoms with Crippen LogP contribution in [0.15, 0.2) is 35.4 Å². The third-order valence-corrected chi connectivity index (χ3v) is 9.30. The first kappa shape index (κ1) is 24.2. The van der Waals surface area contributed by atoms with Crippen molar-refractivity contribution >= 4 is 26.8 Å². The van der Waals surface area contributed by atoms with Gasteiger partial charge >= 0.3 is 0 Å². The van der Waals surface area contributed by atoms with Crippen LogP contribution in [-0.2, 0) is 21.9 Å². The van der Waals surface area contributed by atoms with Gasteiger partial charge in [0.2, 0.25) is 15.9 Å². The Morgan fingerprint density at radius 2 is 1.91 bits per heavy atom. The number of rotatable bonds is 8.